The van der Waals surface area contributed by atoms with Gasteiger partial charge in [0.25, 0.3) is 0 Å². The van der Waals surface area contributed by atoms with Gasteiger partial charge >= 0.3 is 0 Å². The molecule has 2 atom stereocenters. The average molecular weight is 452 g/mol. The molecule has 1 aliphatic heterocycles. The quantitative estimate of drug-likeness (QED) is 0.386. The Kier molecular flexibility index (Phi) is 8.50. The molecule has 0 spiro atoms. The number of ether oxygens (including phenoxy) is 2. The molecule has 1 fully saturated rings. The van der Waals surface area contributed by atoms with Crippen LogP contribution in [0.3, 0.4) is 0 Å². The smallest absolute Gasteiger partial charge is 0.163 e. The summed E-state index contributed by atoms with van der Waals surface area (Å²) in [5, 5.41) is 0. The van der Waals surface area contributed by atoms with Crippen molar-refractivity contribution in [3.63, 3.8) is 0 Å². The van der Waals surface area contributed by atoms with Crippen LogP contribution in [0.25, 0.3) is 5.57 Å². The molecule has 5 nitrogen and oxygen atoms in total. The lowest BCUT2D eigenvalue weighted by Crippen LogP contribution is -2.45. The fourth-order valence-electron chi connectivity index (χ4n) is 3.30. The minimum Gasteiger partial charge on any atom is -0.350 e. The van der Waals surface area contributed by atoms with Gasteiger partial charge < -0.3 is 9.47 Å². The maximum atomic E-state index is 8.18. The van der Waals surface area contributed by atoms with Gasteiger partial charge in [-0.1, -0.05) is 12.7 Å². The molecule has 2 heterocycles. The molecule has 7 heteroatoms. The third-order valence-electron chi connectivity index (χ3n) is 5.01. The number of thioether (sulfide) groups is 1. The van der Waals surface area contributed by atoms with E-state index in [1.165, 1.54) is 4.91 Å². The first-order valence-electron chi connectivity index (χ1n) is 10.3. The van der Waals surface area contributed by atoms with Crippen molar-refractivity contribution in [3.05, 3.63) is 47.1 Å². The van der Waals surface area contributed by atoms with Crippen LogP contribution in [-0.2, 0) is 26.0 Å². The number of nitrogens with zero attached hydrogens (tertiary/aromatic N) is 1. The molecule has 2 N–H and O–H groups in total. The Bertz CT molecular complexity index is 815. The standard InChI is InChI=1S/C23H37N3O2S2/c1-9-19(17(2)29-15-13-26-30(24)21(3,4)5)20-16-18(10-12-25-20)23(8)11-14-27-22(6,7)28-23/h9-10,12,16H,1,11,13-15H2,2-8H3,(H2,24,26). The Morgan fingerprint density at radius 3 is 2.70 bits per heavy atom. The molecule has 0 amide bonds. The maximum absolute atomic E-state index is 8.18. The molecule has 1 saturated heterocycles. The van der Waals surface area contributed by atoms with E-state index in [2.05, 4.69) is 57.0 Å². The van der Waals surface area contributed by atoms with Crippen LogP contribution < -0.4 is 4.72 Å². The van der Waals surface area contributed by atoms with E-state index in [1.807, 2.05) is 32.2 Å². The third-order valence-corrected chi connectivity index (χ3v) is 7.79. The molecule has 168 valence electrons. The van der Waals surface area contributed by atoms with E-state index in [9.17, 15) is 0 Å². The van der Waals surface area contributed by atoms with Gasteiger partial charge in [0.05, 0.1) is 17.9 Å². The topological polar surface area (TPSA) is 67.2 Å². The minimum absolute atomic E-state index is 0.0386. The van der Waals surface area contributed by atoms with Crippen molar-refractivity contribution in [2.24, 2.45) is 0 Å². The van der Waals surface area contributed by atoms with E-state index in [4.69, 9.17) is 14.3 Å². The van der Waals surface area contributed by atoms with Crippen molar-refractivity contribution in [1.29, 1.82) is 4.78 Å². The summed E-state index contributed by atoms with van der Waals surface area (Å²) in [5.41, 5.74) is 2.64. The summed E-state index contributed by atoms with van der Waals surface area (Å²) >= 11 is 1.77. The SMILES string of the molecule is C=CC(=C(C)SCCNS(=N)C(C)(C)C)c1cc(C2(C)CCOC(C)(C)O2)ccn1. The van der Waals surface area contributed by atoms with Crippen molar-refractivity contribution < 1.29 is 9.47 Å². The monoisotopic (exact) mass is 451 g/mol. The second kappa shape index (κ2) is 10.1. The predicted molar refractivity (Wildman–Crippen MR) is 130 cm³/mol. The summed E-state index contributed by atoms with van der Waals surface area (Å²) in [7, 11) is -0.554. The van der Waals surface area contributed by atoms with Crippen LogP contribution in [0.15, 0.2) is 35.9 Å². The zero-order chi connectivity index (χ0) is 22.6. The summed E-state index contributed by atoms with van der Waals surface area (Å²) in [6, 6.07) is 4.14. The Morgan fingerprint density at radius 1 is 1.40 bits per heavy atom. The second-order valence-electron chi connectivity index (χ2n) is 9.10. The van der Waals surface area contributed by atoms with Crippen molar-refractivity contribution in [1.82, 2.24) is 9.71 Å². The van der Waals surface area contributed by atoms with Crippen LogP contribution in [0.1, 0.15) is 66.1 Å². The van der Waals surface area contributed by atoms with Crippen LogP contribution in [-0.4, -0.2) is 34.4 Å². The lowest BCUT2D eigenvalue weighted by Gasteiger charge is -2.43. The van der Waals surface area contributed by atoms with Gasteiger partial charge in [-0.05, 0) is 81.9 Å². The van der Waals surface area contributed by atoms with Crippen LogP contribution in [0.5, 0.6) is 0 Å². The third kappa shape index (κ3) is 6.76. The highest BCUT2D eigenvalue weighted by Crippen LogP contribution is 2.39. The lowest BCUT2D eigenvalue weighted by atomic mass is 9.90. The number of allylic oxidation sites excluding steroid dienone is 3. The fourth-order valence-corrected chi connectivity index (χ4v) is 5.02. The summed E-state index contributed by atoms with van der Waals surface area (Å²) in [4.78, 5) is 5.79. The van der Waals surface area contributed by atoms with Gasteiger partial charge in [0.1, 0.15) is 0 Å². The largest absolute Gasteiger partial charge is 0.350 e. The average Bonchev–Trinajstić information content (AvgIpc) is 2.64. The minimum atomic E-state index is -0.601. The Morgan fingerprint density at radius 2 is 2.10 bits per heavy atom. The molecule has 0 bridgehead atoms. The summed E-state index contributed by atoms with van der Waals surface area (Å²) in [6.07, 6.45) is 4.53. The van der Waals surface area contributed by atoms with Gasteiger partial charge in [-0.15, -0.1) is 11.8 Å². The van der Waals surface area contributed by atoms with E-state index in [1.54, 1.807) is 11.8 Å². The molecule has 0 aromatic carbocycles. The van der Waals surface area contributed by atoms with Gasteiger partial charge in [0, 0.05) is 35.2 Å². The molecule has 2 unspecified atom stereocenters. The van der Waals surface area contributed by atoms with Crippen molar-refractivity contribution in [3.8, 4) is 0 Å². The summed E-state index contributed by atoms with van der Waals surface area (Å²) in [6.45, 7) is 19.9. The van der Waals surface area contributed by atoms with Crippen LogP contribution in [0, 0.1) is 4.78 Å². The molecular weight excluding hydrogens is 414 g/mol. The van der Waals surface area contributed by atoms with Crippen LogP contribution >= 0.6 is 11.8 Å². The Balaban J connectivity index is 2.13. The number of rotatable bonds is 8. The zero-order valence-electron chi connectivity index (χ0n) is 19.4. The van der Waals surface area contributed by atoms with Crippen molar-refractivity contribution in [2.45, 2.75) is 71.0 Å². The Labute approximate surface area is 189 Å². The zero-order valence-corrected chi connectivity index (χ0v) is 21.1. The Hall–Kier alpha value is -0.990. The first-order chi connectivity index (χ1) is 13.9. The normalized spacial score (nSPS) is 23.6. The molecule has 0 aliphatic carbocycles. The molecule has 1 aromatic rings. The van der Waals surface area contributed by atoms with E-state index in [0.29, 0.717) is 6.61 Å². The fraction of sp³-hybridized carbons (Fsp3) is 0.609. The lowest BCUT2D eigenvalue weighted by molar-refractivity contribution is -0.310. The summed E-state index contributed by atoms with van der Waals surface area (Å²) in [5.74, 6) is 0.295. The van der Waals surface area contributed by atoms with Gasteiger partial charge in [-0.2, -0.15) is 0 Å². The molecule has 2 rings (SSSR count). The highest BCUT2D eigenvalue weighted by Gasteiger charge is 2.39. The van der Waals surface area contributed by atoms with Gasteiger partial charge in [-0.25, -0.2) is 0 Å². The molecule has 1 aliphatic rings. The molecule has 0 radical (unpaired) electrons. The van der Waals surface area contributed by atoms with E-state index in [-0.39, 0.29) is 4.75 Å². The van der Waals surface area contributed by atoms with Gasteiger partial charge in [-0.3, -0.25) is 14.5 Å². The van der Waals surface area contributed by atoms with Crippen LogP contribution in [0.2, 0.25) is 0 Å². The molecule has 0 saturated carbocycles. The predicted octanol–water partition coefficient (Wildman–Crippen LogP) is 5.80. The number of hydrogen-bond acceptors (Lipinski definition) is 5. The van der Waals surface area contributed by atoms with Crippen molar-refractivity contribution >= 4 is 28.2 Å². The highest BCUT2D eigenvalue weighted by atomic mass is 32.2. The second-order valence-corrected chi connectivity index (χ2v) is 12.5. The maximum Gasteiger partial charge on any atom is 0.163 e. The number of nitrogens with one attached hydrogen (secondary N) is 2. The molecule has 1 aromatic heterocycles. The van der Waals surface area contributed by atoms with E-state index < -0.39 is 22.3 Å². The van der Waals surface area contributed by atoms with Crippen LogP contribution in [0.4, 0.5) is 0 Å². The first-order valence-corrected chi connectivity index (χ1v) is 12.6. The van der Waals surface area contributed by atoms with Gasteiger partial charge in [0.2, 0.25) is 0 Å². The molecular formula is C23H37N3O2S2. The number of pyridine rings is 1. The van der Waals surface area contributed by atoms with E-state index in [0.717, 1.165) is 35.5 Å². The summed E-state index contributed by atoms with van der Waals surface area (Å²) < 4.78 is 23.5. The van der Waals surface area contributed by atoms with E-state index >= 15 is 0 Å². The van der Waals surface area contributed by atoms with Gasteiger partial charge in [0.15, 0.2) is 5.79 Å². The highest BCUT2D eigenvalue weighted by molar-refractivity contribution is 8.03. The molecule has 30 heavy (non-hydrogen) atoms. The number of aromatic nitrogens is 1. The first kappa shape index (κ1) is 25.3. The van der Waals surface area contributed by atoms with Crippen molar-refractivity contribution in [2.75, 3.05) is 18.9 Å². The number of hydrogen-bond donors (Lipinski definition) is 2.